The Balaban J connectivity index is 0.917. The van der Waals surface area contributed by atoms with Crippen LogP contribution >= 0.6 is 0 Å². The molecule has 2 aromatic rings. The van der Waals surface area contributed by atoms with E-state index in [-0.39, 0.29) is 12.1 Å². The van der Waals surface area contributed by atoms with Gasteiger partial charge >= 0.3 is 6.03 Å². The Kier molecular flexibility index (Phi) is 5.63. The Hall–Kier alpha value is -3.09. The summed E-state index contributed by atoms with van der Waals surface area (Å²) in [6.07, 6.45) is 9.73. The normalized spacial score (nSPS) is 26.2. The Morgan fingerprint density at radius 2 is 1.82 bits per heavy atom. The average Bonchev–Trinajstić information content (AvgIpc) is 3.40. The van der Waals surface area contributed by atoms with Gasteiger partial charge in [0.1, 0.15) is 11.9 Å². The van der Waals surface area contributed by atoms with E-state index in [2.05, 4.69) is 16.4 Å². The number of rotatable bonds is 6. The van der Waals surface area contributed by atoms with Gasteiger partial charge < -0.3 is 19.9 Å². The van der Waals surface area contributed by atoms with Gasteiger partial charge in [0.25, 0.3) is 0 Å². The first kappa shape index (κ1) is 21.4. The third-order valence-electron chi connectivity index (χ3n) is 8.26. The topological polar surface area (TPSA) is 74.8 Å². The van der Waals surface area contributed by atoms with Crippen LogP contribution in [0, 0.1) is 17.8 Å². The number of carbonyl (C=O) groups excluding carboxylic acids is 2. The lowest BCUT2D eigenvalue weighted by Crippen LogP contribution is -2.56. The number of urea groups is 1. The van der Waals surface area contributed by atoms with Gasteiger partial charge in [0.05, 0.1) is 13.1 Å². The minimum Gasteiger partial charge on any atom is -0.487 e. The molecule has 4 fully saturated rings. The molecule has 3 heterocycles. The first-order valence-electron chi connectivity index (χ1n) is 12.6. The molecule has 4 aliphatic rings. The van der Waals surface area contributed by atoms with Gasteiger partial charge in [-0.15, -0.1) is 0 Å². The summed E-state index contributed by atoms with van der Waals surface area (Å²) < 4.78 is 6.03. The van der Waals surface area contributed by atoms with Crippen LogP contribution in [0.15, 0.2) is 48.8 Å². The number of carbonyl (C=O) groups is 2. The number of nitrogens with one attached hydrogen (secondary N) is 1. The molecule has 1 N–H and O–H groups in total. The van der Waals surface area contributed by atoms with Crippen LogP contribution in [0.2, 0.25) is 0 Å². The highest BCUT2D eigenvalue weighted by atomic mass is 16.5. The van der Waals surface area contributed by atoms with E-state index < -0.39 is 0 Å². The van der Waals surface area contributed by atoms with E-state index in [4.69, 9.17) is 4.74 Å². The van der Waals surface area contributed by atoms with E-state index in [1.807, 2.05) is 41.4 Å². The second kappa shape index (κ2) is 8.93. The molecule has 3 amide bonds. The Morgan fingerprint density at radius 1 is 1.00 bits per heavy atom. The molecular formula is C27H32N4O3. The highest BCUT2D eigenvalue weighted by Gasteiger charge is 2.42. The van der Waals surface area contributed by atoms with Crippen LogP contribution in [-0.4, -0.2) is 59.0 Å². The zero-order valence-corrected chi connectivity index (χ0v) is 19.4. The van der Waals surface area contributed by atoms with Gasteiger partial charge in [-0.25, -0.2) is 4.79 Å². The number of hydrogen-bond donors (Lipinski definition) is 1. The van der Waals surface area contributed by atoms with Crippen molar-refractivity contribution in [2.24, 2.45) is 17.8 Å². The number of pyridine rings is 1. The lowest BCUT2D eigenvalue weighted by molar-refractivity contribution is -0.141. The third kappa shape index (κ3) is 4.36. The molecule has 0 spiro atoms. The monoisotopic (exact) mass is 460 g/mol. The molecule has 34 heavy (non-hydrogen) atoms. The van der Waals surface area contributed by atoms with Crippen LogP contribution in [-0.2, 0) is 4.79 Å². The van der Waals surface area contributed by atoms with Crippen molar-refractivity contribution in [2.45, 2.75) is 44.1 Å². The zero-order chi connectivity index (χ0) is 23.1. The molecule has 7 nitrogen and oxygen atoms in total. The van der Waals surface area contributed by atoms with Crippen LogP contribution in [0.3, 0.4) is 0 Å². The molecule has 6 rings (SSSR count). The van der Waals surface area contributed by atoms with Gasteiger partial charge in [0, 0.05) is 43.5 Å². The molecule has 2 saturated carbocycles. The minimum atomic E-state index is -0.0857. The van der Waals surface area contributed by atoms with Gasteiger partial charge in [-0.2, -0.15) is 0 Å². The van der Waals surface area contributed by atoms with Crippen LogP contribution in [0.5, 0.6) is 5.75 Å². The summed E-state index contributed by atoms with van der Waals surface area (Å²) in [7, 11) is 0. The fourth-order valence-corrected chi connectivity index (χ4v) is 6.18. The number of hydrogen-bond acceptors (Lipinski definition) is 4. The van der Waals surface area contributed by atoms with E-state index in [0.717, 1.165) is 29.7 Å². The number of ether oxygens (including phenoxy) is 1. The second-order valence-corrected chi connectivity index (χ2v) is 10.5. The fraction of sp³-hybridized carbons (Fsp3) is 0.519. The summed E-state index contributed by atoms with van der Waals surface area (Å²) in [6, 6.07) is 11.4. The summed E-state index contributed by atoms with van der Waals surface area (Å²) in [5.41, 5.74) is 1.92. The largest absolute Gasteiger partial charge is 0.487 e. The van der Waals surface area contributed by atoms with Crippen molar-refractivity contribution < 1.29 is 14.3 Å². The Morgan fingerprint density at radius 3 is 2.50 bits per heavy atom. The predicted octanol–water partition coefficient (Wildman–Crippen LogP) is 4.13. The smallest absolute Gasteiger partial charge is 0.321 e. The minimum absolute atomic E-state index is 0.0508. The summed E-state index contributed by atoms with van der Waals surface area (Å²) in [5.74, 6) is 3.72. The van der Waals surface area contributed by atoms with Gasteiger partial charge in [-0.05, 0) is 72.9 Å². The van der Waals surface area contributed by atoms with Gasteiger partial charge in [0.15, 0.2) is 0 Å². The number of amides is 3. The van der Waals surface area contributed by atoms with Crippen molar-refractivity contribution >= 4 is 17.6 Å². The second-order valence-electron chi connectivity index (χ2n) is 10.5. The van der Waals surface area contributed by atoms with E-state index in [1.165, 1.54) is 31.2 Å². The van der Waals surface area contributed by atoms with Gasteiger partial charge in [-0.1, -0.05) is 12.5 Å². The molecule has 2 aliphatic heterocycles. The standard InChI is InChI=1S/C27H32N4O3/c32-26(12-21-11-18-3-4-19(21)10-18)30-16-25(17-30)34-24-7-5-23(6-8-24)29-27(33)31-14-22(15-31)20-2-1-9-28-13-20/h1-2,5-9,13,18-19,21-22,25H,3-4,10-12,14-17H2,(H,29,33)/t18-,19-,21?/m0/s1. The zero-order valence-electron chi connectivity index (χ0n) is 19.4. The SMILES string of the molecule is O=C(CC1C[C@H]2CC[C@H]1C2)N1CC(Oc2ccc(NC(=O)N3CC(c4cccnc4)C3)cc2)C1. The quantitative estimate of drug-likeness (QED) is 0.704. The maximum Gasteiger partial charge on any atom is 0.321 e. The van der Waals surface area contributed by atoms with Crippen molar-refractivity contribution in [1.82, 2.24) is 14.8 Å². The molecule has 178 valence electrons. The number of aromatic nitrogens is 1. The molecule has 3 atom stereocenters. The van der Waals surface area contributed by atoms with E-state index in [0.29, 0.717) is 43.9 Å². The maximum absolute atomic E-state index is 12.6. The van der Waals surface area contributed by atoms with Crippen LogP contribution in [0.1, 0.15) is 43.6 Å². The van der Waals surface area contributed by atoms with Gasteiger partial charge in [0.2, 0.25) is 5.91 Å². The van der Waals surface area contributed by atoms with Crippen LogP contribution < -0.4 is 10.1 Å². The van der Waals surface area contributed by atoms with Crippen LogP contribution in [0.25, 0.3) is 0 Å². The number of nitrogens with zero attached hydrogens (tertiary/aromatic N) is 3. The summed E-state index contributed by atoms with van der Waals surface area (Å²) in [5, 5.41) is 2.95. The van der Waals surface area contributed by atoms with Crippen LogP contribution in [0.4, 0.5) is 10.5 Å². The van der Waals surface area contributed by atoms with Crippen molar-refractivity contribution in [2.75, 3.05) is 31.5 Å². The highest BCUT2D eigenvalue weighted by Crippen LogP contribution is 2.49. The van der Waals surface area contributed by atoms with Crippen molar-refractivity contribution in [3.05, 3.63) is 54.4 Å². The molecule has 0 radical (unpaired) electrons. The Labute approximate surface area is 200 Å². The summed E-state index contributed by atoms with van der Waals surface area (Å²) in [6.45, 7) is 2.76. The maximum atomic E-state index is 12.6. The summed E-state index contributed by atoms with van der Waals surface area (Å²) in [4.78, 5) is 33.0. The molecule has 1 unspecified atom stereocenters. The highest BCUT2D eigenvalue weighted by molar-refractivity contribution is 5.90. The number of anilines is 1. The molecule has 1 aromatic heterocycles. The van der Waals surface area contributed by atoms with Crippen molar-refractivity contribution in [1.29, 1.82) is 0 Å². The molecule has 2 aliphatic carbocycles. The number of fused-ring (bicyclic) bond motifs is 2. The van der Waals surface area contributed by atoms with E-state index >= 15 is 0 Å². The van der Waals surface area contributed by atoms with Gasteiger partial charge in [-0.3, -0.25) is 9.78 Å². The summed E-state index contributed by atoms with van der Waals surface area (Å²) >= 11 is 0. The number of benzene rings is 1. The lowest BCUT2D eigenvalue weighted by Gasteiger charge is -2.40. The first-order chi connectivity index (χ1) is 16.6. The molecule has 1 aromatic carbocycles. The Bertz CT molecular complexity index is 1030. The fourth-order valence-electron chi connectivity index (χ4n) is 6.18. The molecular weight excluding hydrogens is 428 g/mol. The predicted molar refractivity (Wildman–Crippen MR) is 129 cm³/mol. The molecule has 2 bridgehead atoms. The average molecular weight is 461 g/mol. The third-order valence-corrected chi connectivity index (χ3v) is 8.26. The van der Waals surface area contributed by atoms with Crippen molar-refractivity contribution in [3.8, 4) is 5.75 Å². The molecule has 2 saturated heterocycles. The van der Waals surface area contributed by atoms with E-state index in [1.54, 1.807) is 11.1 Å². The number of likely N-dealkylation sites (tertiary alicyclic amines) is 2. The van der Waals surface area contributed by atoms with E-state index in [9.17, 15) is 9.59 Å². The lowest BCUT2D eigenvalue weighted by atomic mass is 9.86. The first-order valence-corrected chi connectivity index (χ1v) is 12.6. The molecule has 7 heteroatoms. The van der Waals surface area contributed by atoms with Crippen molar-refractivity contribution in [3.63, 3.8) is 0 Å².